The summed E-state index contributed by atoms with van der Waals surface area (Å²) in [6.07, 6.45) is -0.124. The number of fused-ring (bicyclic) bond motifs is 1. The number of carbonyl (C=O) groups excluding carboxylic acids is 1. The Morgan fingerprint density at radius 3 is 2.57 bits per heavy atom. The number of rotatable bonds is 6. The van der Waals surface area contributed by atoms with Crippen molar-refractivity contribution in [2.45, 2.75) is 31.0 Å². The van der Waals surface area contributed by atoms with Crippen molar-refractivity contribution in [3.8, 4) is 6.07 Å². The van der Waals surface area contributed by atoms with Gasteiger partial charge >= 0.3 is 0 Å². The van der Waals surface area contributed by atoms with Gasteiger partial charge in [0.05, 0.1) is 16.7 Å². The predicted octanol–water partition coefficient (Wildman–Crippen LogP) is 3.36. The van der Waals surface area contributed by atoms with E-state index in [1.807, 2.05) is 50.4 Å². The molecular weight excluding hydrogens is 469 g/mol. The number of benzene rings is 2. The topological polar surface area (TPSA) is 81.0 Å². The van der Waals surface area contributed by atoms with E-state index >= 15 is 0 Å². The predicted molar refractivity (Wildman–Crippen MR) is 139 cm³/mol. The molecule has 1 N–H and O–H groups in total. The maximum atomic E-state index is 14.8. The maximum absolute atomic E-state index is 14.8. The molecule has 0 aromatic heterocycles. The van der Waals surface area contributed by atoms with E-state index < -0.39 is 11.6 Å². The van der Waals surface area contributed by atoms with Gasteiger partial charge in [0.2, 0.25) is 0 Å². The summed E-state index contributed by atoms with van der Waals surface area (Å²) in [6, 6.07) is 18.8. The third kappa shape index (κ3) is 3.73. The summed E-state index contributed by atoms with van der Waals surface area (Å²) in [6.45, 7) is 3.40. The minimum absolute atomic E-state index is 0.161. The molecule has 1 saturated heterocycles. The van der Waals surface area contributed by atoms with Crippen molar-refractivity contribution in [1.29, 1.82) is 5.26 Å². The minimum atomic E-state index is -1.09. The summed E-state index contributed by atoms with van der Waals surface area (Å²) in [5.41, 5.74) is 2.78. The van der Waals surface area contributed by atoms with Gasteiger partial charge in [-0.3, -0.25) is 4.79 Å². The van der Waals surface area contributed by atoms with Crippen molar-refractivity contribution < 1.29 is 13.9 Å². The second-order valence-electron chi connectivity index (χ2n) is 9.79. The van der Waals surface area contributed by atoms with Crippen LogP contribution in [0.25, 0.3) is 0 Å². The van der Waals surface area contributed by atoms with Gasteiger partial charge in [-0.15, -0.1) is 0 Å². The zero-order chi connectivity index (χ0) is 26.3. The van der Waals surface area contributed by atoms with Crippen LogP contribution in [0.15, 0.2) is 82.2 Å². The third-order valence-electron chi connectivity index (χ3n) is 7.53. The molecule has 7 nitrogen and oxygen atoms in total. The van der Waals surface area contributed by atoms with Crippen LogP contribution in [-0.2, 0) is 14.9 Å². The van der Waals surface area contributed by atoms with E-state index in [1.54, 1.807) is 20.2 Å². The molecular formula is C29H30FN5O2. The van der Waals surface area contributed by atoms with Gasteiger partial charge in [-0.05, 0) is 49.2 Å². The third-order valence-corrected chi connectivity index (χ3v) is 7.53. The Bertz CT molecular complexity index is 1370. The Hall–Kier alpha value is -3.96. The Morgan fingerprint density at radius 2 is 1.97 bits per heavy atom. The van der Waals surface area contributed by atoms with Crippen LogP contribution in [0.5, 0.6) is 0 Å². The normalized spacial score (nSPS) is 24.6. The van der Waals surface area contributed by atoms with Crippen LogP contribution >= 0.6 is 0 Å². The van der Waals surface area contributed by atoms with Gasteiger partial charge in [-0.2, -0.15) is 5.26 Å². The highest BCUT2D eigenvalue weighted by molar-refractivity contribution is 6.18. The molecule has 8 heteroatoms. The quantitative estimate of drug-likeness (QED) is 0.659. The van der Waals surface area contributed by atoms with E-state index in [9.17, 15) is 14.4 Å². The first-order valence-corrected chi connectivity index (χ1v) is 12.4. The van der Waals surface area contributed by atoms with Crippen molar-refractivity contribution in [1.82, 2.24) is 15.1 Å². The summed E-state index contributed by atoms with van der Waals surface area (Å²) < 4.78 is 21.2. The number of ether oxygens (including phenoxy) is 1. The van der Waals surface area contributed by atoms with E-state index in [-0.39, 0.29) is 17.8 Å². The number of amides is 1. The van der Waals surface area contributed by atoms with Crippen LogP contribution in [-0.4, -0.2) is 67.9 Å². The molecule has 0 saturated carbocycles. The molecule has 2 unspecified atom stereocenters. The molecule has 190 valence electrons. The molecule has 3 atom stereocenters. The molecule has 2 aromatic carbocycles. The minimum Gasteiger partial charge on any atom is -0.455 e. The number of carbonyl (C=O) groups is 1. The van der Waals surface area contributed by atoms with Gasteiger partial charge in [-0.1, -0.05) is 42.5 Å². The Morgan fingerprint density at radius 1 is 1.24 bits per heavy atom. The monoisotopic (exact) mass is 499 g/mol. The Balaban J connectivity index is 1.88. The van der Waals surface area contributed by atoms with Crippen molar-refractivity contribution in [2.24, 2.45) is 4.99 Å². The van der Waals surface area contributed by atoms with Gasteiger partial charge in [-0.25, -0.2) is 9.38 Å². The van der Waals surface area contributed by atoms with Crippen molar-refractivity contribution in [2.75, 3.05) is 34.2 Å². The van der Waals surface area contributed by atoms with Gasteiger partial charge < -0.3 is 19.9 Å². The number of allylic oxidation sites excluding steroid dienone is 2. The lowest BCUT2D eigenvalue weighted by molar-refractivity contribution is -0.137. The number of aliphatic imine (C=N–C) groups is 1. The van der Waals surface area contributed by atoms with Gasteiger partial charge in [0.1, 0.15) is 17.6 Å². The van der Waals surface area contributed by atoms with Crippen LogP contribution in [0.3, 0.4) is 0 Å². The molecule has 0 radical (unpaired) electrons. The summed E-state index contributed by atoms with van der Waals surface area (Å²) >= 11 is 0. The molecule has 2 heterocycles. The number of likely N-dealkylation sites (N-methyl/N-ethyl adjacent to an activating group) is 2. The van der Waals surface area contributed by atoms with Crippen LogP contribution in [0.1, 0.15) is 24.5 Å². The highest BCUT2D eigenvalue weighted by Crippen LogP contribution is 2.54. The molecule has 5 rings (SSSR count). The summed E-state index contributed by atoms with van der Waals surface area (Å²) in [4.78, 5) is 21.2. The molecule has 2 aliphatic heterocycles. The zero-order valence-electron chi connectivity index (χ0n) is 21.5. The summed E-state index contributed by atoms with van der Waals surface area (Å²) in [5, 5.41) is 13.7. The molecule has 2 aromatic rings. The van der Waals surface area contributed by atoms with E-state index in [1.165, 1.54) is 17.0 Å². The molecule has 0 bridgehead atoms. The van der Waals surface area contributed by atoms with Gasteiger partial charge in [0.25, 0.3) is 12.1 Å². The molecule has 3 aliphatic rings. The average molecular weight is 500 g/mol. The summed E-state index contributed by atoms with van der Waals surface area (Å²) in [7, 11) is 5.21. The van der Waals surface area contributed by atoms with Crippen LogP contribution < -0.4 is 5.32 Å². The number of nitrogens with one attached hydrogen (secondary N) is 1. The lowest BCUT2D eigenvalue weighted by Crippen LogP contribution is -2.57. The molecule has 1 amide bonds. The largest absolute Gasteiger partial charge is 0.455 e. The standard InChI is InChI=1S/C29H30FN5O2/c1-18-23(16-31)24-25(37-27(33-24)28(36)34(3)4)26(35-14-13-22(35)17-32-2)29(18,19-9-6-5-7-10-19)20-11-8-12-21(30)15-20/h5-12,15,22,27,32H,13-14,17H2,1-4H3/t22-,27?,29?/m1/s1. The van der Waals surface area contributed by atoms with Gasteiger partial charge in [0.15, 0.2) is 5.76 Å². The fraction of sp³-hybridized carbons (Fsp3) is 0.345. The Kier molecular flexibility index (Phi) is 6.34. The SMILES string of the molecule is CNC[C@H]1CCN1C1=C2OC(C(=O)N(C)C)N=C2C(C#N)=C(C)C1(c1ccccc1)c1cccc(F)c1. The molecule has 37 heavy (non-hydrogen) atoms. The molecule has 1 aliphatic carbocycles. The number of nitrogens with zero attached hydrogens (tertiary/aromatic N) is 4. The second kappa shape index (κ2) is 9.49. The van der Waals surface area contributed by atoms with E-state index in [2.05, 4.69) is 21.3 Å². The van der Waals surface area contributed by atoms with Crippen LogP contribution in [0.4, 0.5) is 4.39 Å². The smallest absolute Gasteiger partial charge is 0.286 e. The number of halogens is 1. The first-order valence-electron chi connectivity index (χ1n) is 12.4. The van der Waals surface area contributed by atoms with Crippen LogP contribution in [0, 0.1) is 17.1 Å². The number of likely N-dealkylation sites (tertiary alicyclic amines) is 1. The fourth-order valence-corrected chi connectivity index (χ4v) is 5.70. The van der Waals surface area contributed by atoms with E-state index in [4.69, 9.17) is 4.74 Å². The highest BCUT2D eigenvalue weighted by atomic mass is 19.1. The van der Waals surface area contributed by atoms with Crippen molar-refractivity contribution in [3.05, 3.63) is 94.1 Å². The van der Waals surface area contributed by atoms with Gasteiger partial charge in [0, 0.05) is 33.2 Å². The number of hydrogen-bond donors (Lipinski definition) is 1. The zero-order valence-corrected chi connectivity index (χ0v) is 21.5. The number of hydrogen-bond acceptors (Lipinski definition) is 6. The maximum Gasteiger partial charge on any atom is 0.286 e. The van der Waals surface area contributed by atoms with Crippen molar-refractivity contribution in [3.63, 3.8) is 0 Å². The first kappa shape index (κ1) is 24.7. The lowest BCUT2D eigenvalue weighted by Gasteiger charge is -2.53. The van der Waals surface area contributed by atoms with E-state index in [0.717, 1.165) is 36.3 Å². The first-order chi connectivity index (χ1) is 17.8. The van der Waals surface area contributed by atoms with E-state index in [0.29, 0.717) is 22.6 Å². The highest BCUT2D eigenvalue weighted by Gasteiger charge is 2.54. The molecule has 0 spiro atoms. The lowest BCUT2D eigenvalue weighted by atomic mass is 9.62. The second-order valence-corrected chi connectivity index (χ2v) is 9.79. The average Bonchev–Trinajstić information content (AvgIpc) is 3.32. The van der Waals surface area contributed by atoms with Crippen LogP contribution in [0.2, 0.25) is 0 Å². The molecule has 1 fully saturated rings. The Labute approximate surface area is 216 Å². The number of nitriles is 1. The van der Waals surface area contributed by atoms with Crippen molar-refractivity contribution >= 4 is 11.6 Å². The summed E-state index contributed by atoms with van der Waals surface area (Å²) in [5.74, 6) is -0.266. The fourth-order valence-electron chi connectivity index (χ4n) is 5.70.